The van der Waals surface area contributed by atoms with Crippen molar-refractivity contribution in [1.29, 1.82) is 0 Å². The van der Waals surface area contributed by atoms with Gasteiger partial charge in [-0.15, -0.1) is 10.2 Å². The Morgan fingerprint density at radius 2 is 1.62 bits per heavy atom. The molecule has 1 amide bonds. The van der Waals surface area contributed by atoms with E-state index in [-0.39, 0.29) is 11.2 Å². The summed E-state index contributed by atoms with van der Waals surface area (Å²) in [5.41, 5.74) is 2.74. The highest BCUT2D eigenvalue weighted by molar-refractivity contribution is 8.00. The van der Waals surface area contributed by atoms with Crippen LogP contribution in [0.4, 0.5) is 5.69 Å². The van der Waals surface area contributed by atoms with Crippen LogP contribution in [0.2, 0.25) is 0 Å². The minimum absolute atomic E-state index is 0.0886. The van der Waals surface area contributed by atoms with E-state index in [0.717, 1.165) is 22.6 Å². The van der Waals surface area contributed by atoms with Crippen molar-refractivity contribution in [3.05, 3.63) is 90.5 Å². The highest BCUT2D eigenvalue weighted by Gasteiger charge is 2.22. The van der Waals surface area contributed by atoms with Crippen molar-refractivity contribution < 1.29 is 9.53 Å². The number of ether oxygens (including phenoxy) is 1. The fraction of sp³-hybridized carbons (Fsp3) is 0.160. The van der Waals surface area contributed by atoms with Gasteiger partial charge in [0.2, 0.25) is 5.91 Å². The maximum absolute atomic E-state index is 12.8. The lowest BCUT2D eigenvalue weighted by atomic mass is 10.1. The summed E-state index contributed by atoms with van der Waals surface area (Å²) in [5, 5.41) is 12.2. The Bertz CT molecular complexity index is 1180. The Labute approximate surface area is 191 Å². The van der Waals surface area contributed by atoms with Gasteiger partial charge in [0, 0.05) is 5.69 Å². The second kappa shape index (κ2) is 10.2. The van der Waals surface area contributed by atoms with Gasteiger partial charge in [-0.1, -0.05) is 72.4 Å². The molecule has 1 aromatic heterocycles. The Hall–Kier alpha value is -3.58. The van der Waals surface area contributed by atoms with E-state index < -0.39 is 0 Å². The minimum atomic E-state index is -0.362. The van der Waals surface area contributed by atoms with Crippen LogP contribution in [0.25, 0.3) is 11.4 Å². The number of para-hydroxylation sites is 2. The third-order valence-corrected chi connectivity index (χ3v) is 6.02. The lowest BCUT2D eigenvalue weighted by Crippen LogP contribution is -2.23. The van der Waals surface area contributed by atoms with Crippen molar-refractivity contribution >= 4 is 23.4 Å². The molecule has 1 heterocycles. The van der Waals surface area contributed by atoms with Crippen LogP contribution in [0.15, 0.2) is 90.1 Å². The average molecular weight is 445 g/mol. The normalized spacial score (nSPS) is 11.7. The van der Waals surface area contributed by atoms with E-state index in [1.54, 1.807) is 7.11 Å². The van der Waals surface area contributed by atoms with Crippen molar-refractivity contribution in [3.63, 3.8) is 0 Å². The fourth-order valence-electron chi connectivity index (χ4n) is 3.29. The SMILES string of the molecule is COc1ccccc1-c1nnc(S[C@@H](C)C(=O)Nc2ccccc2)n1Cc1ccccc1. The van der Waals surface area contributed by atoms with E-state index in [1.807, 2.05) is 84.3 Å². The van der Waals surface area contributed by atoms with Crippen LogP contribution >= 0.6 is 11.8 Å². The molecule has 0 saturated carbocycles. The second-order valence-corrected chi connectivity index (χ2v) is 8.50. The summed E-state index contributed by atoms with van der Waals surface area (Å²) >= 11 is 1.38. The third-order valence-electron chi connectivity index (χ3n) is 4.94. The van der Waals surface area contributed by atoms with Gasteiger partial charge in [-0.05, 0) is 36.8 Å². The number of carbonyl (C=O) groups excluding carboxylic acids is 1. The zero-order valence-corrected chi connectivity index (χ0v) is 18.8. The van der Waals surface area contributed by atoms with Crippen LogP contribution in [0.5, 0.6) is 5.75 Å². The van der Waals surface area contributed by atoms with Gasteiger partial charge in [0.15, 0.2) is 11.0 Å². The van der Waals surface area contributed by atoms with E-state index in [1.165, 1.54) is 11.8 Å². The number of carbonyl (C=O) groups is 1. The van der Waals surface area contributed by atoms with Crippen molar-refractivity contribution in [3.8, 4) is 17.1 Å². The molecule has 0 saturated heterocycles. The fourth-order valence-corrected chi connectivity index (χ4v) is 4.14. The molecule has 0 aliphatic rings. The molecule has 0 fully saturated rings. The van der Waals surface area contributed by atoms with Crippen molar-refractivity contribution in [1.82, 2.24) is 14.8 Å². The molecular weight excluding hydrogens is 420 g/mol. The minimum Gasteiger partial charge on any atom is -0.496 e. The van der Waals surface area contributed by atoms with Crippen LogP contribution < -0.4 is 10.1 Å². The third kappa shape index (κ3) is 5.00. The summed E-state index contributed by atoms with van der Waals surface area (Å²) in [6.07, 6.45) is 0. The number of anilines is 1. The number of benzene rings is 3. The predicted molar refractivity (Wildman–Crippen MR) is 128 cm³/mol. The Morgan fingerprint density at radius 3 is 2.34 bits per heavy atom. The van der Waals surface area contributed by atoms with Gasteiger partial charge in [0.25, 0.3) is 0 Å². The number of amides is 1. The molecule has 4 aromatic rings. The first-order chi connectivity index (χ1) is 15.7. The topological polar surface area (TPSA) is 69.0 Å². The van der Waals surface area contributed by atoms with E-state index in [9.17, 15) is 4.79 Å². The molecule has 0 bridgehead atoms. The number of hydrogen-bond donors (Lipinski definition) is 1. The van der Waals surface area contributed by atoms with Crippen LogP contribution in [0.1, 0.15) is 12.5 Å². The number of thioether (sulfide) groups is 1. The number of rotatable bonds is 8. The molecule has 1 N–H and O–H groups in total. The highest BCUT2D eigenvalue weighted by Crippen LogP contribution is 2.32. The van der Waals surface area contributed by atoms with E-state index in [0.29, 0.717) is 17.5 Å². The lowest BCUT2D eigenvalue weighted by molar-refractivity contribution is -0.115. The molecule has 0 aliphatic carbocycles. The highest BCUT2D eigenvalue weighted by atomic mass is 32.2. The molecule has 0 unspecified atom stereocenters. The first-order valence-electron chi connectivity index (χ1n) is 10.3. The number of nitrogens with zero attached hydrogens (tertiary/aromatic N) is 3. The van der Waals surface area contributed by atoms with Crippen LogP contribution in [-0.2, 0) is 11.3 Å². The van der Waals surface area contributed by atoms with E-state index in [2.05, 4.69) is 27.6 Å². The Morgan fingerprint density at radius 1 is 0.969 bits per heavy atom. The van der Waals surface area contributed by atoms with Crippen molar-refractivity contribution in [2.45, 2.75) is 23.9 Å². The summed E-state index contributed by atoms with van der Waals surface area (Å²) < 4.78 is 7.58. The van der Waals surface area contributed by atoms with Crippen LogP contribution in [0, 0.1) is 0 Å². The summed E-state index contributed by atoms with van der Waals surface area (Å²) in [5.74, 6) is 1.33. The lowest BCUT2D eigenvalue weighted by Gasteiger charge is -2.15. The predicted octanol–water partition coefficient (Wildman–Crippen LogP) is 5.12. The zero-order chi connectivity index (χ0) is 22.3. The van der Waals surface area contributed by atoms with Gasteiger partial charge in [-0.2, -0.15) is 0 Å². The molecular formula is C25H24N4O2S. The largest absolute Gasteiger partial charge is 0.496 e. The first kappa shape index (κ1) is 21.6. The van der Waals surface area contributed by atoms with Gasteiger partial charge in [0.1, 0.15) is 5.75 Å². The maximum atomic E-state index is 12.8. The molecule has 6 nitrogen and oxygen atoms in total. The standard InChI is InChI=1S/C25H24N4O2S/c1-18(24(30)26-20-13-7-4-8-14-20)32-25-28-27-23(21-15-9-10-16-22(21)31-2)29(25)17-19-11-5-3-6-12-19/h3-16,18H,17H2,1-2H3,(H,26,30)/t18-/m0/s1. The number of methoxy groups -OCH3 is 1. The Kier molecular flexibility index (Phi) is 6.87. The van der Waals surface area contributed by atoms with Gasteiger partial charge in [0.05, 0.1) is 24.5 Å². The molecule has 0 radical (unpaired) electrons. The maximum Gasteiger partial charge on any atom is 0.237 e. The zero-order valence-electron chi connectivity index (χ0n) is 17.9. The van der Waals surface area contributed by atoms with E-state index >= 15 is 0 Å². The number of hydrogen-bond acceptors (Lipinski definition) is 5. The molecule has 3 aromatic carbocycles. The summed E-state index contributed by atoms with van der Waals surface area (Å²) in [7, 11) is 1.64. The summed E-state index contributed by atoms with van der Waals surface area (Å²) in [6.45, 7) is 2.45. The van der Waals surface area contributed by atoms with Crippen LogP contribution in [-0.4, -0.2) is 33.0 Å². The molecule has 1 atom stereocenters. The van der Waals surface area contributed by atoms with Crippen molar-refractivity contribution in [2.75, 3.05) is 12.4 Å². The van der Waals surface area contributed by atoms with Crippen molar-refractivity contribution in [2.24, 2.45) is 0 Å². The molecule has 7 heteroatoms. The Balaban J connectivity index is 1.64. The van der Waals surface area contributed by atoms with Gasteiger partial charge in [-0.25, -0.2) is 0 Å². The van der Waals surface area contributed by atoms with Crippen LogP contribution in [0.3, 0.4) is 0 Å². The van der Waals surface area contributed by atoms with E-state index in [4.69, 9.17) is 4.74 Å². The smallest absolute Gasteiger partial charge is 0.237 e. The molecule has 162 valence electrons. The number of nitrogens with one attached hydrogen (secondary N) is 1. The monoisotopic (exact) mass is 444 g/mol. The van der Waals surface area contributed by atoms with Gasteiger partial charge < -0.3 is 10.1 Å². The molecule has 0 aliphatic heterocycles. The average Bonchev–Trinajstić information content (AvgIpc) is 3.22. The molecule has 0 spiro atoms. The summed E-state index contributed by atoms with van der Waals surface area (Å²) in [6, 6.07) is 27.3. The number of aromatic nitrogens is 3. The first-order valence-corrected chi connectivity index (χ1v) is 11.2. The molecule has 4 rings (SSSR count). The summed E-state index contributed by atoms with van der Waals surface area (Å²) in [4.78, 5) is 12.8. The van der Waals surface area contributed by atoms with Gasteiger partial charge >= 0.3 is 0 Å². The van der Waals surface area contributed by atoms with Gasteiger partial charge in [-0.3, -0.25) is 9.36 Å². The quantitative estimate of drug-likeness (QED) is 0.382. The molecule has 32 heavy (non-hydrogen) atoms. The second-order valence-electron chi connectivity index (χ2n) is 7.19.